The number of fused-ring (bicyclic) bond motifs is 1. The Hall–Kier alpha value is -2.62. The number of benzene rings is 2. The Bertz CT molecular complexity index is 1210. The first kappa shape index (κ1) is 17.8. The number of imidazole rings is 1. The Labute approximate surface area is 159 Å². The fourth-order valence-electron chi connectivity index (χ4n) is 2.65. The van der Waals surface area contributed by atoms with Crippen LogP contribution >= 0.6 is 11.6 Å². The second-order valence-corrected chi connectivity index (χ2v) is 8.42. The molecule has 1 aromatic heterocycles. The molecule has 0 atom stereocenters. The van der Waals surface area contributed by atoms with Crippen molar-refractivity contribution >= 4 is 44.3 Å². The lowest BCUT2D eigenvalue weighted by Crippen LogP contribution is -2.26. The summed E-state index contributed by atoms with van der Waals surface area (Å²) in [7, 11) is -3.79. The normalized spacial score (nSPS) is 14.4. The molecule has 10 heteroatoms. The van der Waals surface area contributed by atoms with Gasteiger partial charge in [0.25, 0.3) is 5.91 Å². The zero-order valence-electron chi connectivity index (χ0n) is 13.9. The van der Waals surface area contributed by atoms with Crippen LogP contribution in [0.2, 0.25) is 5.02 Å². The summed E-state index contributed by atoms with van der Waals surface area (Å²) in [6, 6.07) is 8.90. The number of hydrogen-bond donors (Lipinski definition) is 4. The highest BCUT2D eigenvalue weighted by molar-refractivity contribution is 7.89. The number of rotatable bonds is 5. The smallest absolute Gasteiger partial charge is 0.322 e. The van der Waals surface area contributed by atoms with E-state index in [0.717, 1.165) is 12.8 Å². The first-order valence-corrected chi connectivity index (χ1v) is 10.0. The predicted octanol–water partition coefficient (Wildman–Crippen LogP) is 2.20. The third-order valence-electron chi connectivity index (χ3n) is 4.16. The molecule has 2 aromatic carbocycles. The molecule has 140 valence electrons. The number of hydrogen-bond acceptors (Lipinski definition) is 4. The SMILES string of the molecule is O=C(Nc1ccc2[nH]c(=O)[nH]c2c1)c1ccc(Cl)c(S(=O)(=O)NC2CC2)c1. The molecule has 0 bridgehead atoms. The van der Waals surface area contributed by atoms with Crippen molar-refractivity contribution < 1.29 is 13.2 Å². The number of aromatic nitrogens is 2. The lowest BCUT2D eigenvalue weighted by atomic mass is 10.2. The number of amides is 1. The van der Waals surface area contributed by atoms with Gasteiger partial charge in [-0.25, -0.2) is 17.9 Å². The van der Waals surface area contributed by atoms with Crippen molar-refractivity contribution in [3.05, 3.63) is 57.5 Å². The van der Waals surface area contributed by atoms with Crippen LogP contribution in [0.15, 0.2) is 46.1 Å². The molecule has 0 spiro atoms. The Balaban J connectivity index is 1.60. The molecule has 1 heterocycles. The highest BCUT2D eigenvalue weighted by Crippen LogP contribution is 2.27. The number of halogens is 1. The van der Waals surface area contributed by atoms with Gasteiger partial charge < -0.3 is 15.3 Å². The highest BCUT2D eigenvalue weighted by Gasteiger charge is 2.29. The number of sulfonamides is 1. The van der Waals surface area contributed by atoms with Gasteiger partial charge in [0.15, 0.2) is 0 Å². The third kappa shape index (κ3) is 3.75. The largest absolute Gasteiger partial charge is 0.323 e. The Morgan fingerprint density at radius 2 is 1.81 bits per heavy atom. The molecule has 0 aliphatic heterocycles. The molecular weight excluding hydrogens is 392 g/mol. The number of carbonyl (C=O) groups is 1. The number of H-pyrrole nitrogens is 2. The molecule has 4 N–H and O–H groups in total. The van der Waals surface area contributed by atoms with Crippen LogP contribution in [0.5, 0.6) is 0 Å². The Morgan fingerprint density at radius 1 is 1.07 bits per heavy atom. The summed E-state index contributed by atoms with van der Waals surface area (Å²) in [5.74, 6) is -0.494. The molecule has 1 fully saturated rings. The molecule has 4 rings (SSSR count). The van der Waals surface area contributed by atoms with E-state index in [1.54, 1.807) is 18.2 Å². The molecule has 1 aliphatic rings. The molecule has 1 aliphatic carbocycles. The van der Waals surface area contributed by atoms with Crippen LogP contribution in [-0.2, 0) is 10.0 Å². The Kier molecular flexibility index (Phi) is 4.29. The van der Waals surface area contributed by atoms with E-state index < -0.39 is 15.9 Å². The third-order valence-corrected chi connectivity index (χ3v) is 6.16. The summed E-state index contributed by atoms with van der Waals surface area (Å²) in [5.41, 5.74) is 1.43. The van der Waals surface area contributed by atoms with Crippen LogP contribution in [-0.4, -0.2) is 30.3 Å². The summed E-state index contributed by atoms with van der Waals surface area (Å²) in [4.78, 5) is 28.9. The van der Waals surface area contributed by atoms with Crippen molar-refractivity contribution in [2.45, 2.75) is 23.8 Å². The van der Waals surface area contributed by atoms with Crippen molar-refractivity contribution in [3.8, 4) is 0 Å². The summed E-state index contributed by atoms with van der Waals surface area (Å²) in [6.07, 6.45) is 1.58. The van der Waals surface area contributed by atoms with Gasteiger partial charge in [-0.1, -0.05) is 11.6 Å². The zero-order valence-corrected chi connectivity index (χ0v) is 15.4. The lowest BCUT2D eigenvalue weighted by Gasteiger charge is -2.10. The van der Waals surface area contributed by atoms with Gasteiger partial charge in [0.2, 0.25) is 10.0 Å². The number of nitrogens with one attached hydrogen (secondary N) is 4. The van der Waals surface area contributed by atoms with E-state index in [9.17, 15) is 18.0 Å². The van der Waals surface area contributed by atoms with E-state index in [0.29, 0.717) is 16.7 Å². The van der Waals surface area contributed by atoms with Crippen LogP contribution in [0.25, 0.3) is 11.0 Å². The topological polar surface area (TPSA) is 124 Å². The van der Waals surface area contributed by atoms with E-state index in [4.69, 9.17) is 11.6 Å². The summed E-state index contributed by atoms with van der Waals surface area (Å²) < 4.78 is 27.4. The maximum atomic E-state index is 12.5. The molecule has 3 aromatic rings. The number of aromatic amines is 2. The summed E-state index contributed by atoms with van der Waals surface area (Å²) in [6.45, 7) is 0. The second-order valence-electron chi connectivity index (χ2n) is 6.33. The van der Waals surface area contributed by atoms with Crippen LogP contribution in [0.1, 0.15) is 23.2 Å². The van der Waals surface area contributed by atoms with Gasteiger partial charge in [-0.2, -0.15) is 0 Å². The van der Waals surface area contributed by atoms with Gasteiger partial charge in [0.05, 0.1) is 16.1 Å². The first-order valence-electron chi connectivity index (χ1n) is 8.17. The van der Waals surface area contributed by atoms with Gasteiger partial charge in [-0.15, -0.1) is 0 Å². The van der Waals surface area contributed by atoms with Crippen molar-refractivity contribution in [1.29, 1.82) is 0 Å². The monoisotopic (exact) mass is 406 g/mol. The van der Waals surface area contributed by atoms with Crippen molar-refractivity contribution in [2.24, 2.45) is 0 Å². The fourth-order valence-corrected chi connectivity index (χ4v) is 4.48. The molecule has 8 nitrogen and oxygen atoms in total. The fraction of sp³-hybridized carbons (Fsp3) is 0.176. The zero-order chi connectivity index (χ0) is 19.2. The minimum atomic E-state index is -3.79. The highest BCUT2D eigenvalue weighted by atomic mass is 35.5. The lowest BCUT2D eigenvalue weighted by molar-refractivity contribution is 0.102. The maximum absolute atomic E-state index is 12.5. The van der Waals surface area contributed by atoms with Gasteiger partial charge in [-0.05, 0) is 49.2 Å². The predicted molar refractivity (Wildman–Crippen MR) is 102 cm³/mol. The first-order chi connectivity index (χ1) is 12.8. The van der Waals surface area contributed by atoms with E-state index in [1.165, 1.54) is 18.2 Å². The quantitative estimate of drug-likeness (QED) is 0.518. The van der Waals surface area contributed by atoms with Gasteiger partial charge in [0, 0.05) is 17.3 Å². The van der Waals surface area contributed by atoms with Crippen LogP contribution < -0.4 is 15.7 Å². The Morgan fingerprint density at radius 3 is 2.56 bits per heavy atom. The van der Waals surface area contributed by atoms with Crippen molar-refractivity contribution in [3.63, 3.8) is 0 Å². The van der Waals surface area contributed by atoms with Crippen LogP contribution in [0.4, 0.5) is 5.69 Å². The average Bonchev–Trinajstić information content (AvgIpc) is 3.32. The molecule has 27 heavy (non-hydrogen) atoms. The van der Waals surface area contributed by atoms with Gasteiger partial charge in [0.1, 0.15) is 4.90 Å². The van der Waals surface area contributed by atoms with E-state index >= 15 is 0 Å². The summed E-state index contributed by atoms with van der Waals surface area (Å²) in [5, 5.41) is 2.72. The standard InChI is InChI=1S/C17H15ClN4O4S/c18-12-5-1-9(7-15(12)27(25,26)22-10-2-3-10)16(23)19-11-4-6-13-14(8-11)21-17(24)20-13/h1,4-8,10,22H,2-3H2,(H,19,23)(H2,20,21,24). The number of carbonyl (C=O) groups excluding carboxylic acids is 1. The average molecular weight is 407 g/mol. The van der Waals surface area contributed by atoms with E-state index in [-0.39, 0.29) is 27.2 Å². The van der Waals surface area contributed by atoms with Gasteiger partial charge >= 0.3 is 5.69 Å². The molecule has 0 unspecified atom stereocenters. The van der Waals surface area contributed by atoms with Crippen LogP contribution in [0, 0.1) is 0 Å². The molecular formula is C17H15ClN4O4S. The minimum Gasteiger partial charge on any atom is -0.322 e. The molecule has 0 radical (unpaired) electrons. The molecule has 1 amide bonds. The molecule has 1 saturated carbocycles. The number of anilines is 1. The minimum absolute atomic E-state index is 0.0472. The van der Waals surface area contributed by atoms with Crippen molar-refractivity contribution in [2.75, 3.05) is 5.32 Å². The second kappa shape index (κ2) is 6.52. The van der Waals surface area contributed by atoms with Crippen LogP contribution in [0.3, 0.4) is 0 Å². The molecule has 0 saturated heterocycles. The van der Waals surface area contributed by atoms with Gasteiger partial charge in [-0.3, -0.25) is 4.79 Å². The summed E-state index contributed by atoms with van der Waals surface area (Å²) >= 11 is 6.03. The maximum Gasteiger partial charge on any atom is 0.323 e. The van der Waals surface area contributed by atoms with Crippen molar-refractivity contribution in [1.82, 2.24) is 14.7 Å². The van der Waals surface area contributed by atoms with E-state index in [2.05, 4.69) is 20.0 Å². The van der Waals surface area contributed by atoms with E-state index in [1.807, 2.05) is 0 Å².